The van der Waals surface area contributed by atoms with Gasteiger partial charge in [-0.3, -0.25) is 4.79 Å². The van der Waals surface area contributed by atoms with Gasteiger partial charge in [0.15, 0.2) is 6.10 Å². The van der Waals surface area contributed by atoms with Gasteiger partial charge in [-0.2, -0.15) is 0 Å². The molecule has 2 rings (SSSR count). The summed E-state index contributed by atoms with van der Waals surface area (Å²) in [6.45, 7) is 3.18. The maximum Gasteiger partial charge on any atom is 0.261 e. The van der Waals surface area contributed by atoms with E-state index in [9.17, 15) is 4.79 Å². The summed E-state index contributed by atoms with van der Waals surface area (Å²) in [5.74, 6) is 0.404. The lowest BCUT2D eigenvalue weighted by molar-refractivity contribution is -0.128. The van der Waals surface area contributed by atoms with Gasteiger partial charge in [-0.15, -0.1) is 0 Å². The van der Waals surface area contributed by atoms with Crippen LogP contribution < -0.4 is 15.0 Å². The minimum absolute atomic E-state index is 0.126. The Balaban J connectivity index is 1.83. The monoisotopic (exact) mass is 346 g/mol. The van der Waals surface area contributed by atoms with Crippen LogP contribution in [0.3, 0.4) is 0 Å². The number of carbonyl (C=O) groups excluding carboxylic acids is 1. The fourth-order valence-electron chi connectivity index (χ4n) is 2.29. The summed E-state index contributed by atoms with van der Waals surface area (Å²) in [6.07, 6.45) is 0.0258. The summed E-state index contributed by atoms with van der Waals surface area (Å²) in [7, 11) is 2.00. The van der Waals surface area contributed by atoms with Gasteiger partial charge in [0.05, 0.1) is 5.02 Å². The molecule has 0 aliphatic heterocycles. The second kappa shape index (κ2) is 9.18. The number of rotatable bonds is 8. The van der Waals surface area contributed by atoms with Crippen LogP contribution in [0.15, 0.2) is 54.6 Å². The van der Waals surface area contributed by atoms with Crippen LogP contribution in [0, 0.1) is 0 Å². The minimum atomic E-state index is -0.549. The molecule has 2 aromatic rings. The highest BCUT2D eigenvalue weighted by Crippen LogP contribution is 2.24. The van der Waals surface area contributed by atoms with E-state index < -0.39 is 6.10 Å². The normalized spacial score (nSPS) is 11.6. The molecule has 0 fully saturated rings. The van der Waals surface area contributed by atoms with E-state index in [4.69, 9.17) is 16.3 Å². The largest absolute Gasteiger partial charge is 0.479 e. The zero-order valence-electron chi connectivity index (χ0n) is 14.0. The molecule has 1 atom stereocenters. The van der Waals surface area contributed by atoms with E-state index in [2.05, 4.69) is 10.2 Å². The molecule has 2 aromatic carbocycles. The summed E-state index contributed by atoms with van der Waals surface area (Å²) in [5, 5.41) is 3.43. The second-order valence-electron chi connectivity index (χ2n) is 5.49. The predicted octanol–water partition coefficient (Wildman–Crippen LogP) is 3.75. The summed E-state index contributed by atoms with van der Waals surface area (Å²) in [4.78, 5) is 14.4. The van der Waals surface area contributed by atoms with Crippen molar-refractivity contribution in [3.8, 4) is 5.75 Å². The number of halogens is 1. The number of nitrogens with one attached hydrogen (secondary N) is 1. The molecule has 0 aromatic heterocycles. The van der Waals surface area contributed by atoms with Gasteiger partial charge in [-0.1, -0.05) is 48.9 Å². The van der Waals surface area contributed by atoms with Gasteiger partial charge in [-0.05, 0) is 30.7 Å². The molecule has 24 heavy (non-hydrogen) atoms. The highest BCUT2D eigenvalue weighted by molar-refractivity contribution is 6.32. The quantitative estimate of drug-likeness (QED) is 0.791. The van der Waals surface area contributed by atoms with Crippen molar-refractivity contribution in [2.45, 2.75) is 19.4 Å². The van der Waals surface area contributed by atoms with Crippen LogP contribution in [0.2, 0.25) is 5.02 Å². The lowest BCUT2D eigenvalue weighted by Gasteiger charge is -2.21. The van der Waals surface area contributed by atoms with Crippen molar-refractivity contribution in [1.82, 2.24) is 5.32 Å². The Labute approximate surface area is 148 Å². The van der Waals surface area contributed by atoms with Gasteiger partial charge in [0.1, 0.15) is 5.75 Å². The van der Waals surface area contributed by atoms with Crippen LogP contribution in [0.25, 0.3) is 0 Å². The van der Waals surface area contributed by atoms with Crippen molar-refractivity contribution in [2.75, 3.05) is 25.0 Å². The molecule has 0 saturated carbocycles. The molecule has 128 valence electrons. The van der Waals surface area contributed by atoms with Gasteiger partial charge in [0.25, 0.3) is 5.91 Å². The number of amides is 1. The van der Waals surface area contributed by atoms with Gasteiger partial charge >= 0.3 is 0 Å². The molecule has 0 spiro atoms. The number of nitrogens with zero attached hydrogens (tertiary/aromatic N) is 1. The Bertz CT molecular complexity index is 649. The van der Waals surface area contributed by atoms with Crippen LogP contribution in [-0.2, 0) is 4.79 Å². The number of likely N-dealkylation sites (N-methyl/N-ethyl adjacent to an activating group) is 1. The summed E-state index contributed by atoms with van der Waals surface area (Å²) < 4.78 is 5.74. The molecule has 0 aliphatic rings. The molecule has 0 heterocycles. The number of anilines is 1. The van der Waals surface area contributed by atoms with Crippen molar-refractivity contribution in [3.63, 3.8) is 0 Å². The summed E-state index contributed by atoms with van der Waals surface area (Å²) in [6, 6.07) is 17.2. The van der Waals surface area contributed by atoms with E-state index in [1.54, 1.807) is 12.1 Å². The number of ether oxygens (including phenoxy) is 1. The lowest BCUT2D eigenvalue weighted by Crippen LogP contribution is -2.41. The van der Waals surface area contributed by atoms with E-state index in [1.165, 1.54) is 0 Å². The van der Waals surface area contributed by atoms with E-state index in [0.717, 1.165) is 12.2 Å². The SMILES string of the molecule is CC[C@@H](Oc1ccccc1Cl)C(=O)NCCN(C)c1ccccc1. The topological polar surface area (TPSA) is 41.6 Å². The predicted molar refractivity (Wildman–Crippen MR) is 98.9 cm³/mol. The Morgan fingerprint density at radius 2 is 1.83 bits per heavy atom. The molecular formula is C19H23ClN2O2. The average molecular weight is 347 g/mol. The van der Waals surface area contributed by atoms with Crippen LogP contribution in [0.1, 0.15) is 13.3 Å². The zero-order valence-corrected chi connectivity index (χ0v) is 14.8. The van der Waals surface area contributed by atoms with Crippen LogP contribution in [0.4, 0.5) is 5.69 Å². The van der Waals surface area contributed by atoms with Crippen molar-refractivity contribution in [3.05, 3.63) is 59.6 Å². The maximum absolute atomic E-state index is 12.3. The van der Waals surface area contributed by atoms with Gasteiger partial charge in [-0.25, -0.2) is 0 Å². The fourth-order valence-corrected chi connectivity index (χ4v) is 2.47. The van der Waals surface area contributed by atoms with Crippen molar-refractivity contribution < 1.29 is 9.53 Å². The first kappa shape index (κ1) is 18.1. The Hall–Kier alpha value is -2.20. The third kappa shape index (κ3) is 5.17. The minimum Gasteiger partial charge on any atom is -0.479 e. The number of para-hydroxylation sites is 2. The molecule has 0 aliphatic carbocycles. The third-order valence-electron chi connectivity index (χ3n) is 3.71. The molecule has 0 saturated heterocycles. The Morgan fingerprint density at radius 3 is 2.50 bits per heavy atom. The second-order valence-corrected chi connectivity index (χ2v) is 5.90. The molecule has 0 unspecified atom stereocenters. The summed E-state index contributed by atoms with van der Waals surface area (Å²) in [5.41, 5.74) is 1.12. The number of carbonyl (C=O) groups is 1. The zero-order chi connectivity index (χ0) is 17.4. The average Bonchev–Trinajstić information content (AvgIpc) is 2.61. The van der Waals surface area contributed by atoms with Crippen molar-refractivity contribution in [2.24, 2.45) is 0 Å². The van der Waals surface area contributed by atoms with Crippen LogP contribution in [-0.4, -0.2) is 32.1 Å². The number of hydrogen-bond acceptors (Lipinski definition) is 3. The van der Waals surface area contributed by atoms with Gasteiger partial charge < -0.3 is 15.0 Å². The number of benzene rings is 2. The molecule has 5 heteroatoms. The first-order chi connectivity index (χ1) is 11.6. The first-order valence-corrected chi connectivity index (χ1v) is 8.44. The highest BCUT2D eigenvalue weighted by atomic mass is 35.5. The van der Waals surface area contributed by atoms with E-state index >= 15 is 0 Å². The van der Waals surface area contributed by atoms with E-state index in [-0.39, 0.29) is 5.91 Å². The third-order valence-corrected chi connectivity index (χ3v) is 4.02. The highest BCUT2D eigenvalue weighted by Gasteiger charge is 2.19. The van der Waals surface area contributed by atoms with Crippen molar-refractivity contribution >= 4 is 23.2 Å². The van der Waals surface area contributed by atoms with Gasteiger partial charge in [0.2, 0.25) is 0 Å². The Kier molecular flexibility index (Phi) is 6.94. The summed E-state index contributed by atoms with van der Waals surface area (Å²) >= 11 is 6.08. The lowest BCUT2D eigenvalue weighted by atomic mass is 10.2. The Morgan fingerprint density at radius 1 is 1.17 bits per heavy atom. The van der Waals surface area contributed by atoms with E-state index in [1.807, 2.05) is 56.4 Å². The molecule has 4 nitrogen and oxygen atoms in total. The maximum atomic E-state index is 12.3. The smallest absolute Gasteiger partial charge is 0.261 e. The molecule has 1 N–H and O–H groups in total. The number of hydrogen-bond donors (Lipinski definition) is 1. The van der Waals surface area contributed by atoms with Crippen LogP contribution >= 0.6 is 11.6 Å². The molecule has 0 radical (unpaired) electrons. The standard InChI is InChI=1S/C19H23ClN2O2/c1-3-17(24-18-12-8-7-11-16(18)20)19(23)21-13-14-22(2)15-9-5-4-6-10-15/h4-12,17H,3,13-14H2,1-2H3,(H,21,23)/t17-/m1/s1. The first-order valence-electron chi connectivity index (χ1n) is 8.07. The van der Waals surface area contributed by atoms with Gasteiger partial charge in [0, 0.05) is 25.8 Å². The van der Waals surface area contributed by atoms with E-state index in [0.29, 0.717) is 23.7 Å². The molecule has 0 bridgehead atoms. The van der Waals surface area contributed by atoms with Crippen molar-refractivity contribution in [1.29, 1.82) is 0 Å². The molecule has 1 amide bonds. The molecular weight excluding hydrogens is 324 g/mol. The van der Waals surface area contributed by atoms with Crippen LogP contribution in [0.5, 0.6) is 5.75 Å². The fraction of sp³-hybridized carbons (Fsp3) is 0.316.